The number of ether oxygens (including phenoxy) is 1. The van der Waals surface area contributed by atoms with E-state index in [2.05, 4.69) is 20.7 Å². The van der Waals surface area contributed by atoms with Crippen molar-refractivity contribution >= 4 is 33.7 Å². The lowest BCUT2D eigenvalue weighted by molar-refractivity contribution is -0.140. The Morgan fingerprint density at radius 2 is 2.12 bits per heavy atom. The number of esters is 1. The van der Waals surface area contributed by atoms with Crippen molar-refractivity contribution in [1.82, 2.24) is 0 Å². The van der Waals surface area contributed by atoms with E-state index >= 15 is 0 Å². The highest BCUT2D eigenvalue weighted by Crippen LogP contribution is 2.27. The standard InChI is InChI=1S/C11H13BrO3S/c1-15-11(14)10(6-7-13)16-9-4-2-8(12)3-5-9/h2-5,10,13H,6-7H2,1H3. The number of aliphatic hydroxyl groups is 1. The minimum absolute atomic E-state index is 0.0245. The Kier molecular flexibility index (Phi) is 5.87. The summed E-state index contributed by atoms with van der Waals surface area (Å²) >= 11 is 4.74. The fraction of sp³-hybridized carbons (Fsp3) is 0.364. The van der Waals surface area contributed by atoms with Gasteiger partial charge in [0, 0.05) is 16.0 Å². The second kappa shape index (κ2) is 6.93. The van der Waals surface area contributed by atoms with Gasteiger partial charge in [-0.15, -0.1) is 11.8 Å². The summed E-state index contributed by atoms with van der Waals surface area (Å²) in [6.45, 7) is -0.0245. The Morgan fingerprint density at radius 1 is 1.50 bits per heavy atom. The van der Waals surface area contributed by atoms with E-state index in [9.17, 15) is 4.79 Å². The smallest absolute Gasteiger partial charge is 0.319 e. The number of hydrogen-bond acceptors (Lipinski definition) is 4. The molecular formula is C11H13BrO3S. The van der Waals surface area contributed by atoms with E-state index in [1.165, 1.54) is 18.9 Å². The Labute approximate surface area is 107 Å². The summed E-state index contributed by atoms with van der Waals surface area (Å²) in [7, 11) is 1.36. The zero-order valence-electron chi connectivity index (χ0n) is 8.85. The molecule has 0 bridgehead atoms. The number of thioether (sulfide) groups is 1. The lowest BCUT2D eigenvalue weighted by Crippen LogP contribution is -2.19. The Morgan fingerprint density at radius 3 is 2.62 bits per heavy atom. The highest BCUT2D eigenvalue weighted by Gasteiger charge is 2.19. The summed E-state index contributed by atoms with van der Waals surface area (Å²) in [6, 6.07) is 7.66. The first-order valence-electron chi connectivity index (χ1n) is 4.78. The van der Waals surface area contributed by atoms with Crippen LogP contribution in [0.3, 0.4) is 0 Å². The van der Waals surface area contributed by atoms with Gasteiger partial charge in [-0.25, -0.2) is 0 Å². The van der Waals surface area contributed by atoms with E-state index in [4.69, 9.17) is 5.11 Å². The summed E-state index contributed by atoms with van der Waals surface area (Å²) in [5.74, 6) is -0.304. The molecule has 3 nitrogen and oxygen atoms in total. The van der Waals surface area contributed by atoms with E-state index in [0.29, 0.717) is 6.42 Å². The number of hydrogen-bond donors (Lipinski definition) is 1. The maximum atomic E-state index is 11.4. The fourth-order valence-corrected chi connectivity index (χ4v) is 2.45. The van der Waals surface area contributed by atoms with Crippen molar-refractivity contribution in [3.63, 3.8) is 0 Å². The van der Waals surface area contributed by atoms with Gasteiger partial charge < -0.3 is 9.84 Å². The van der Waals surface area contributed by atoms with Gasteiger partial charge in [0.25, 0.3) is 0 Å². The molecule has 0 aliphatic heterocycles. The zero-order chi connectivity index (χ0) is 12.0. The average Bonchev–Trinajstić information content (AvgIpc) is 2.30. The molecule has 0 saturated carbocycles. The van der Waals surface area contributed by atoms with Crippen LogP contribution < -0.4 is 0 Å². The molecule has 1 unspecified atom stereocenters. The maximum Gasteiger partial charge on any atom is 0.319 e. The number of halogens is 1. The number of rotatable bonds is 5. The van der Waals surface area contributed by atoms with E-state index in [1.807, 2.05) is 24.3 Å². The molecule has 1 N–H and O–H groups in total. The average molecular weight is 305 g/mol. The molecule has 0 aromatic heterocycles. The van der Waals surface area contributed by atoms with Crippen molar-refractivity contribution < 1.29 is 14.6 Å². The third kappa shape index (κ3) is 4.15. The summed E-state index contributed by atoms with van der Waals surface area (Å²) in [5.41, 5.74) is 0. The van der Waals surface area contributed by atoms with Crippen LogP contribution in [0.25, 0.3) is 0 Å². The minimum atomic E-state index is -0.351. The first-order chi connectivity index (χ1) is 7.67. The molecule has 1 rings (SSSR count). The quantitative estimate of drug-likeness (QED) is 0.670. The van der Waals surface area contributed by atoms with Crippen LogP contribution in [0.1, 0.15) is 6.42 Å². The number of benzene rings is 1. The number of carbonyl (C=O) groups excluding carboxylic acids is 1. The van der Waals surface area contributed by atoms with E-state index in [-0.39, 0.29) is 17.8 Å². The molecule has 0 aliphatic rings. The largest absolute Gasteiger partial charge is 0.468 e. The molecule has 0 radical (unpaired) electrons. The van der Waals surface area contributed by atoms with Crippen LogP contribution >= 0.6 is 27.7 Å². The van der Waals surface area contributed by atoms with Crippen LogP contribution in [0.4, 0.5) is 0 Å². The minimum Gasteiger partial charge on any atom is -0.468 e. The maximum absolute atomic E-state index is 11.4. The highest BCUT2D eigenvalue weighted by molar-refractivity contribution is 9.10. The molecule has 0 aliphatic carbocycles. The molecule has 88 valence electrons. The molecule has 0 fully saturated rings. The molecule has 5 heteroatoms. The monoisotopic (exact) mass is 304 g/mol. The van der Waals surface area contributed by atoms with Crippen molar-refractivity contribution in [1.29, 1.82) is 0 Å². The fourth-order valence-electron chi connectivity index (χ4n) is 1.15. The Hall–Kier alpha value is -0.520. The second-order valence-corrected chi connectivity index (χ2v) is 5.29. The van der Waals surface area contributed by atoms with Crippen molar-refractivity contribution in [3.8, 4) is 0 Å². The third-order valence-electron chi connectivity index (χ3n) is 1.95. The molecule has 16 heavy (non-hydrogen) atoms. The summed E-state index contributed by atoms with van der Waals surface area (Å²) < 4.78 is 5.67. The second-order valence-electron chi connectivity index (χ2n) is 3.10. The SMILES string of the molecule is COC(=O)C(CCO)Sc1ccc(Br)cc1. The number of aliphatic hydroxyl groups excluding tert-OH is 1. The number of carbonyl (C=O) groups is 1. The van der Waals surface area contributed by atoms with Crippen LogP contribution in [-0.2, 0) is 9.53 Å². The first kappa shape index (κ1) is 13.5. The molecule has 0 saturated heterocycles. The summed E-state index contributed by atoms with van der Waals surface area (Å²) in [6.07, 6.45) is 0.396. The predicted molar refractivity (Wildman–Crippen MR) is 67.5 cm³/mol. The molecule has 1 atom stereocenters. The van der Waals surface area contributed by atoms with Gasteiger partial charge in [0.05, 0.1) is 7.11 Å². The van der Waals surface area contributed by atoms with Gasteiger partial charge in [0.15, 0.2) is 0 Å². The molecule has 1 aromatic rings. The predicted octanol–water partition coefficient (Wildman–Crippen LogP) is 2.47. The normalized spacial score (nSPS) is 12.2. The molecule has 0 amide bonds. The zero-order valence-corrected chi connectivity index (χ0v) is 11.3. The lowest BCUT2D eigenvalue weighted by atomic mass is 10.3. The van der Waals surface area contributed by atoms with Crippen molar-refractivity contribution in [3.05, 3.63) is 28.7 Å². The van der Waals surface area contributed by atoms with Crippen molar-refractivity contribution in [2.75, 3.05) is 13.7 Å². The topological polar surface area (TPSA) is 46.5 Å². The third-order valence-corrected chi connectivity index (χ3v) is 3.73. The summed E-state index contributed by atoms with van der Waals surface area (Å²) in [5, 5.41) is 8.52. The van der Waals surface area contributed by atoms with E-state index < -0.39 is 0 Å². The van der Waals surface area contributed by atoms with E-state index in [1.54, 1.807) is 0 Å². The number of methoxy groups -OCH3 is 1. The van der Waals surface area contributed by atoms with Crippen LogP contribution in [0.2, 0.25) is 0 Å². The Balaban J connectivity index is 2.67. The summed E-state index contributed by atoms with van der Waals surface area (Å²) in [4.78, 5) is 12.4. The van der Waals surface area contributed by atoms with Gasteiger partial charge in [-0.3, -0.25) is 4.79 Å². The molecule has 0 heterocycles. The van der Waals surface area contributed by atoms with Crippen molar-refractivity contribution in [2.45, 2.75) is 16.6 Å². The lowest BCUT2D eigenvalue weighted by Gasteiger charge is -2.12. The van der Waals surface area contributed by atoms with Crippen LogP contribution in [-0.4, -0.2) is 30.0 Å². The van der Waals surface area contributed by atoms with Gasteiger partial charge in [0.2, 0.25) is 0 Å². The van der Waals surface area contributed by atoms with Crippen LogP contribution in [0.5, 0.6) is 0 Å². The molecule has 0 spiro atoms. The molecule has 1 aromatic carbocycles. The first-order valence-corrected chi connectivity index (χ1v) is 6.45. The van der Waals surface area contributed by atoms with Gasteiger partial charge in [-0.1, -0.05) is 15.9 Å². The molecular weight excluding hydrogens is 292 g/mol. The Bertz CT molecular complexity index is 340. The van der Waals surface area contributed by atoms with Crippen molar-refractivity contribution in [2.24, 2.45) is 0 Å². The van der Waals surface area contributed by atoms with Gasteiger partial charge in [-0.2, -0.15) is 0 Å². The highest BCUT2D eigenvalue weighted by atomic mass is 79.9. The van der Waals surface area contributed by atoms with Gasteiger partial charge in [0.1, 0.15) is 5.25 Å². The van der Waals surface area contributed by atoms with Crippen LogP contribution in [0, 0.1) is 0 Å². The van der Waals surface area contributed by atoms with Gasteiger partial charge in [-0.05, 0) is 30.7 Å². The van der Waals surface area contributed by atoms with Gasteiger partial charge >= 0.3 is 5.97 Å². The van der Waals surface area contributed by atoms with Crippen LogP contribution in [0.15, 0.2) is 33.6 Å². The van der Waals surface area contributed by atoms with E-state index in [0.717, 1.165) is 9.37 Å².